The van der Waals surface area contributed by atoms with E-state index in [9.17, 15) is 0 Å². The van der Waals surface area contributed by atoms with Crippen molar-refractivity contribution in [3.8, 4) is 0 Å². The Kier molecular flexibility index (Phi) is 1.04. The minimum atomic E-state index is -0.782. The predicted molar refractivity (Wildman–Crippen MR) is 25.8 cm³/mol. The quantitative estimate of drug-likeness (QED) is 0.410. The first kappa shape index (κ1) is 5.61. The van der Waals surface area contributed by atoms with E-state index in [4.69, 9.17) is 4.89 Å². The van der Waals surface area contributed by atoms with Crippen LogP contribution >= 0.6 is 0 Å². The Hall–Kier alpha value is -0.160. The van der Waals surface area contributed by atoms with Crippen molar-refractivity contribution in [2.24, 2.45) is 0 Å². The van der Waals surface area contributed by atoms with Gasteiger partial charge in [0.25, 0.3) is 0 Å². The molecule has 2 rings (SSSR count). The van der Waals surface area contributed by atoms with E-state index in [2.05, 4.69) is 21.6 Å². The first-order valence-electron chi connectivity index (χ1n) is 3.09. The van der Waals surface area contributed by atoms with Crippen molar-refractivity contribution < 1.29 is 19.6 Å². The topological polar surface area (TPSA) is 43.5 Å². The van der Waals surface area contributed by atoms with Gasteiger partial charge in [0.15, 0.2) is 6.10 Å². The molecule has 0 aromatic heterocycles. The molecule has 2 aliphatic heterocycles. The van der Waals surface area contributed by atoms with Crippen LogP contribution in [-0.4, -0.2) is 12.1 Å². The molecule has 0 bridgehead atoms. The van der Waals surface area contributed by atoms with E-state index in [1.807, 2.05) is 0 Å². The van der Waals surface area contributed by atoms with E-state index in [1.165, 1.54) is 0 Å². The summed E-state index contributed by atoms with van der Waals surface area (Å²) in [6.07, 6.45) is 1.95. The average molecular weight is 132 g/mol. The number of hydrogen-bond acceptors (Lipinski definition) is 4. The fourth-order valence-corrected chi connectivity index (χ4v) is 0.858. The lowest BCUT2D eigenvalue weighted by Crippen LogP contribution is -2.45. The minimum Gasteiger partial charge on any atom is -0.219 e. The molecule has 2 fully saturated rings. The summed E-state index contributed by atoms with van der Waals surface area (Å²) in [6, 6.07) is 0. The second kappa shape index (κ2) is 1.67. The van der Waals surface area contributed by atoms with Crippen LogP contribution in [0.25, 0.3) is 0 Å². The van der Waals surface area contributed by atoms with Gasteiger partial charge in [0.05, 0.1) is 0 Å². The van der Waals surface area contributed by atoms with Gasteiger partial charge in [0.2, 0.25) is 0 Å². The zero-order valence-electron chi connectivity index (χ0n) is 5.12. The molecule has 4 nitrogen and oxygen atoms in total. The zero-order chi connectivity index (χ0) is 6.32. The summed E-state index contributed by atoms with van der Waals surface area (Å²) < 4.78 is 0. The molecule has 2 heterocycles. The molecule has 1 unspecified atom stereocenters. The van der Waals surface area contributed by atoms with Crippen molar-refractivity contribution in [3.63, 3.8) is 0 Å². The van der Waals surface area contributed by atoms with Gasteiger partial charge in [0.1, 0.15) is 0 Å². The van der Waals surface area contributed by atoms with E-state index in [1.54, 1.807) is 0 Å². The first-order valence-corrected chi connectivity index (χ1v) is 3.09. The van der Waals surface area contributed by atoms with Gasteiger partial charge in [-0.05, 0) is 6.42 Å². The summed E-state index contributed by atoms with van der Waals surface area (Å²) in [5, 5.41) is 0. The molecule has 0 radical (unpaired) electrons. The smallest absolute Gasteiger partial charge is 0.219 e. The van der Waals surface area contributed by atoms with Gasteiger partial charge in [0, 0.05) is 0 Å². The molecular weight excluding hydrogens is 124 g/mol. The van der Waals surface area contributed by atoms with E-state index >= 15 is 0 Å². The lowest BCUT2D eigenvalue weighted by atomic mass is 10.2. The predicted octanol–water partition coefficient (Wildman–Crippen LogP) is 0.732. The molecule has 1 atom stereocenters. The van der Waals surface area contributed by atoms with Crippen LogP contribution in [0.4, 0.5) is 0 Å². The molecule has 9 heavy (non-hydrogen) atoms. The molecule has 0 amide bonds. The average Bonchev–Trinajstić information content (AvgIpc) is 2.60. The van der Waals surface area contributed by atoms with Crippen molar-refractivity contribution in [1.29, 1.82) is 0 Å². The fraction of sp³-hybridized carbons (Fsp3) is 1.00. The monoisotopic (exact) mass is 132 g/mol. The molecule has 0 aliphatic carbocycles. The molecule has 4 heteroatoms. The van der Waals surface area contributed by atoms with Crippen molar-refractivity contribution >= 4 is 0 Å². The summed E-state index contributed by atoms with van der Waals surface area (Å²) in [4.78, 5) is 18.3. The summed E-state index contributed by atoms with van der Waals surface area (Å²) in [6.45, 7) is 2.07. The second-order valence-electron chi connectivity index (χ2n) is 2.23. The summed E-state index contributed by atoms with van der Waals surface area (Å²) in [5.41, 5.74) is 0. The highest BCUT2D eigenvalue weighted by atomic mass is 17.5. The largest absolute Gasteiger partial charge is 0.394 e. The van der Waals surface area contributed by atoms with E-state index in [-0.39, 0.29) is 6.10 Å². The van der Waals surface area contributed by atoms with E-state index in [0.29, 0.717) is 0 Å². The Morgan fingerprint density at radius 1 is 1.33 bits per heavy atom. The van der Waals surface area contributed by atoms with Crippen LogP contribution in [0.1, 0.15) is 19.8 Å². The van der Waals surface area contributed by atoms with Gasteiger partial charge in [-0.1, -0.05) is 13.3 Å². The molecule has 0 aromatic rings. The Morgan fingerprint density at radius 2 is 2.11 bits per heavy atom. The Labute approximate surface area is 52.5 Å². The molecule has 1 spiro atoms. The minimum absolute atomic E-state index is 0.0116. The van der Waals surface area contributed by atoms with Crippen LogP contribution in [-0.2, 0) is 19.6 Å². The van der Waals surface area contributed by atoms with Gasteiger partial charge in [-0.25, -0.2) is 4.89 Å². The third-order valence-corrected chi connectivity index (χ3v) is 1.47. The van der Waals surface area contributed by atoms with Crippen molar-refractivity contribution in [3.05, 3.63) is 0 Å². The van der Waals surface area contributed by atoms with Crippen molar-refractivity contribution in [2.75, 3.05) is 0 Å². The van der Waals surface area contributed by atoms with Crippen LogP contribution in [0, 0.1) is 0 Å². The Bertz CT molecular complexity index is 120. The summed E-state index contributed by atoms with van der Waals surface area (Å²) >= 11 is 0. The normalized spacial score (nSPS) is 36.3. The summed E-state index contributed by atoms with van der Waals surface area (Å²) in [7, 11) is 0. The second-order valence-corrected chi connectivity index (χ2v) is 2.23. The highest BCUT2D eigenvalue weighted by molar-refractivity contribution is 4.77. The fourth-order valence-electron chi connectivity index (χ4n) is 0.858. The van der Waals surface area contributed by atoms with Gasteiger partial charge >= 0.3 is 5.97 Å². The maximum absolute atomic E-state index is 4.70. The van der Waals surface area contributed by atoms with Crippen LogP contribution in [0.3, 0.4) is 0 Å². The molecular formula is C5H8O4. The molecule has 52 valence electrons. The SMILES string of the molecule is CCCC1OOC12OO2. The van der Waals surface area contributed by atoms with Gasteiger partial charge in [-0.15, -0.1) is 0 Å². The standard InChI is InChI=1S/C5H8O4/c1-2-3-4-5(7-6-4)8-9-5/h4H,2-3H2,1H3. The molecule has 0 saturated carbocycles. The number of rotatable bonds is 2. The van der Waals surface area contributed by atoms with Crippen LogP contribution in [0.5, 0.6) is 0 Å². The molecule has 0 N–H and O–H groups in total. The third-order valence-electron chi connectivity index (χ3n) is 1.47. The van der Waals surface area contributed by atoms with Gasteiger partial charge in [-0.2, -0.15) is 14.7 Å². The molecule has 2 aliphatic rings. The van der Waals surface area contributed by atoms with Crippen LogP contribution < -0.4 is 0 Å². The molecule has 2 saturated heterocycles. The van der Waals surface area contributed by atoms with E-state index in [0.717, 1.165) is 12.8 Å². The lowest BCUT2D eigenvalue weighted by Gasteiger charge is -2.26. The Balaban J connectivity index is 1.85. The third kappa shape index (κ3) is 0.679. The van der Waals surface area contributed by atoms with Crippen LogP contribution in [0.2, 0.25) is 0 Å². The van der Waals surface area contributed by atoms with Gasteiger partial charge in [-0.3, -0.25) is 0 Å². The van der Waals surface area contributed by atoms with Crippen molar-refractivity contribution in [2.45, 2.75) is 31.8 Å². The van der Waals surface area contributed by atoms with Crippen molar-refractivity contribution in [1.82, 2.24) is 0 Å². The van der Waals surface area contributed by atoms with Gasteiger partial charge < -0.3 is 0 Å². The maximum atomic E-state index is 4.70. The highest BCUT2D eigenvalue weighted by Gasteiger charge is 2.68. The number of hydrogen-bond donors (Lipinski definition) is 0. The Morgan fingerprint density at radius 3 is 2.44 bits per heavy atom. The zero-order valence-corrected chi connectivity index (χ0v) is 5.12. The highest BCUT2D eigenvalue weighted by Crippen LogP contribution is 2.45. The maximum Gasteiger partial charge on any atom is 0.394 e. The lowest BCUT2D eigenvalue weighted by molar-refractivity contribution is -0.515. The summed E-state index contributed by atoms with van der Waals surface area (Å²) in [5.74, 6) is -0.782. The van der Waals surface area contributed by atoms with Crippen LogP contribution in [0.15, 0.2) is 0 Å². The first-order chi connectivity index (χ1) is 4.37. The van der Waals surface area contributed by atoms with E-state index < -0.39 is 5.97 Å². The molecule has 0 aromatic carbocycles.